The Balaban J connectivity index is 1.62. The van der Waals surface area contributed by atoms with Gasteiger partial charge in [0.2, 0.25) is 0 Å². The Morgan fingerprint density at radius 1 is 1.34 bits per heavy atom. The first-order chi connectivity index (χ1) is 13.8. The van der Waals surface area contributed by atoms with Gasteiger partial charge in [-0.2, -0.15) is 0 Å². The molecule has 29 heavy (non-hydrogen) atoms. The first-order valence-corrected chi connectivity index (χ1v) is 9.56. The number of hydrogen-bond donors (Lipinski definition) is 1. The smallest absolute Gasteiger partial charge is 0.326 e. The summed E-state index contributed by atoms with van der Waals surface area (Å²) in [5.74, 6) is -1.45. The van der Waals surface area contributed by atoms with Crippen LogP contribution in [0.2, 0.25) is 0 Å². The van der Waals surface area contributed by atoms with Crippen molar-refractivity contribution in [3.8, 4) is 5.75 Å². The number of nitro groups is 1. The van der Waals surface area contributed by atoms with E-state index in [0.717, 1.165) is 37.0 Å². The average Bonchev–Trinajstić information content (AvgIpc) is 2.70. The molecular weight excluding hydrogens is 382 g/mol. The van der Waals surface area contributed by atoms with E-state index in [-0.39, 0.29) is 35.7 Å². The zero-order valence-corrected chi connectivity index (χ0v) is 16.1. The van der Waals surface area contributed by atoms with E-state index in [1.807, 2.05) is 0 Å². The van der Waals surface area contributed by atoms with E-state index < -0.39 is 29.4 Å². The summed E-state index contributed by atoms with van der Waals surface area (Å²) in [6, 6.07) is 3.88. The molecule has 0 unspecified atom stereocenters. The van der Waals surface area contributed by atoms with Gasteiger partial charge in [-0.15, -0.1) is 0 Å². The van der Waals surface area contributed by atoms with Gasteiger partial charge in [-0.25, -0.2) is 0 Å². The predicted octanol–water partition coefficient (Wildman–Crippen LogP) is 1.70. The van der Waals surface area contributed by atoms with Gasteiger partial charge in [-0.1, -0.05) is 19.3 Å². The first-order valence-electron chi connectivity index (χ1n) is 9.56. The minimum Gasteiger partial charge on any atom is -0.482 e. The Bertz CT molecular complexity index is 820. The summed E-state index contributed by atoms with van der Waals surface area (Å²) in [5.41, 5.74) is -0.118. The fourth-order valence-electron chi connectivity index (χ4n) is 3.46. The second kappa shape index (κ2) is 8.89. The largest absolute Gasteiger partial charge is 0.482 e. The second-order valence-electron chi connectivity index (χ2n) is 7.15. The zero-order valence-electron chi connectivity index (χ0n) is 16.1. The number of esters is 1. The molecule has 1 saturated carbocycles. The number of anilines is 1. The predicted molar refractivity (Wildman–Crippen MR) is 102 cm³/mol. The Hall–Kier alpha value is -3.17. The van der Waals surface area contributed by atoms with Crippen molar-refractivity contribution in [3.05, 3.63) is 28.3 Å². The molecule has 1 fully saturated rings. The average molecular weight is 405 g/mol. The van der Waals surface area contributed by atoms with Crippen molar-refractivity contribution >= 4 is 29.2 Å². The molecule has 0 aromatic heterocycles. The van der Waals surface area contributed by atoms with E-state index in [1.54, 1.807) is 0 Å². The van der Waals surface area contributed by atoms with Gasteiger partial charge in [0.25, 0.3) is 17.5 Å². The number of amides is 2. The lowest BCUT2D eigenvalue weighted by Gasteiger charge is -2.29. The Morgan fingerprint density at radius 3 is 2.76 bits per heavy atom. The fourth-order valence-corrected chi connectivity index (χ4v) is 3.46. The van der Waals surface area contributed by atoms with Crippen LogP contribution in [0.3, 0.4) is 0 Å². The van der Waals surface area contributed by atoms with Gasteiger partial charge < -0.3 is 14.8 Å². The molecule has 0 radical (unpaired) electrons. The van der Waals surface area contributed by atoms with Crippen molar-refractivity contribution in [2.75, 3.05) is 18.1 Å². The van der Waals surface area contributed by atoms with Crippen LogP contribution < -0.4 is 15.0 Å². The van der Waals surface area contributed by atoms with Gasteiger partial charge >= 0.3 is 5.97 Å². The molecule has 1 aromatic rings. The third-order valence-corrected chi connectivity index (χ3v) is 5.01. The minimum atomic E-state index is -1.01. The Kier molecular flexibility index (Phi) is 6.30. The van der Waals surface area contributed by atoms with Gasteiger partial charge in [-0.3, -0.25) is 29.4 Å². The van der Waals surface area contributed by atoms with E-state index in [2.05, 4.69) is 5.32 Å². The summed E-state index contributed by atoms with van der Waals surface area (Å²) >= 11 is 0. The molecule has 1 heterocycles. The van der Waals surface area contributed by atoms with Crippen LogP contribution >= 0.6 is 0 Å². The first kappa shape index (κ1) is 20.6. The fraction of sp³-hybridized carbons (Fsp3) is 0.526. The van der Waals surface area contributed by atoms with Crippen LogP contribution in [-0.4, -0.2) is 48.0 Å². The lowest BCUT2D eigenvalue weighted by molar-refractivity contribution is -0.384. The molecule has 156 valence electrons. The highest BCUT2D eigenvalue weighted by Crippen LogP contribution is 2.35. The Morgan fingerprint density at radius 2 is 2.07 bits per heavy atom. The number of carbonyl (C=O) groups excluding carboxylic acids is 3. The molecule has 0 spiro atoms. The molecule has 3 rings (SSSR count). The lowest BCUT2D eigenvalue weighted by Crippen LogP contribution is -2.46. The standard InChI is InChI=1S/C19H23N3O7/c1-12(19(25)20-13-5-3-2-4-6-13)29-18(24)10-21-15-9-14(22(26)27)7-8-16(15)28-11-17(21)23/h7-9,12-13H,2-6,10-11H2,1H3,(H,20,25)/t12-/m0/s1. The number of ether oxygens (including phenoxy) is 2. The molecule has 1 aliphatic carbocycles. The van der Waals surface area contributed by atoms with Crippen molar-refractivity contribution in [1.82, 2.24) is 5.32 Å². The molecular formula is C19H23N3O7. The monoisotopic (exact) mass is 405 g/mol. The quantitative estimate of drug-likeness (QED) is 0.433. The maximum absolute atomic E-state index is 12.3. The highest BCUT2D eigenvalue weighted by atomic mass is 16.6. The van der Waals surface area contributed by atoms with E-state index >= 15 is 0 Å². The lowest BCUT2D eigenvalue weighted by atomic mass is 9.95. The van der Waals surface area contributed by atoms with Crippen molar-refractivity contribution in [1.29, 1.82) is 0 Å². The van der Waals surface area contributed by atoms with Gasteiger partial charge in [0.1, 0.15) is 12.3 Å². The maximum Gasteiger partial charge on any atom is 0.326 e. The number of carbonyl (C=O) groups is 3. The van der Waals surface area contributed by atoms with Crippen LogP contribution in [0.4, 0.5) is 11.4 Å². The van der Waals surface area contributed by atoms with E-state index in [1.165, 1.54) is 25.1 Å². The molecule has 1 atom stereocenters. The van der Waals surface area contributed by atoms with Crippen LogP contribution in [0, 0.1) is 10.1 Å². The van der Waals surface area contributed by atoms with Crippen LogP contribution in [0.5, 0.6) is 5.75 Å². The van der Waals surface area contributed by atoms with Gasteiger partial charge in [-0.05, 0) is 25.8 Å². The number of nitrogens with one attached hydrogen (secondary N) is 1. The third kappa shape index (κ3) is 5.01. The summed E-state index contributed by atoms with van der Waals surface area (Å²) < 4.78 is 10.4. The molecule has 2 aliphatic rings. The highest BCUT2D eigenvalue weighted by Gasteiger charge is 2.31. The molecule has 1 aromatic carbocycles. The SMILES string of the molecule is C[C@H](OC(=O)CN1C(=O)COc2ccc([N+](=O)[O-])cc21)C(=O)NC1CCCCC1. The number of hydrogen-bond acceptors (Lipinski definition) is 7. The van der Waals surface area contributed by atoms with Crippen LogP contribution in [-0.2, 0) is 19.1 Å². The topological polar surface area (TPSA) is 128 Å². The molecule has 2 amide bonds. The van der Waals surface area contributed by atoms with Gasteiger partial charge in [0.05, 0.1) is 10.6 Å². The number of non-ortho nitro benzene ring substituents is 1. The summed E-state index contributed by atoms with van der Waals surface area (Å²) in [6.07, 6.45) is 4.08. The second-order valence-corrected chi connectivity index (χ2v) is 7.15. The highest BCUT2D eigenvalue weighted by molar-refractivity contribution is 6.02. The van der Waals surface area contributed by atoms with E-state index in [9.17, 15) is 24.5 Å². The summed E-state index contributed by atoms with van der Waals surface area (Å²) in [6.45, 7) is 0.698. The van der Waals surface area contributed by atoms with Crippen molar-refractivity contribution in [3.63, 3.8) is 0 Å². The molecule has 10 heteroatoms. The van der Waals surface area contributed by atoms with Crippen molar-refractivity contribution < 1.29 is 28.8 Å². The molecule has 1 aliphatic heterocycles. The zero-order chi connectivity index (χ0) is 21.0. The maximum atomic E-state index is 12.3. The van der Waals surface area contributed by atoms with Crippen LogP contribution in [0.1, 0.15) is 39.0 Å². The third-order valence-electron chi connectivity index (χ3n) is 5.01. The molecule has 10 nitrogen and oxygen atoms in total. The molecule has 1 N–H and O–H groups in total. The van der Waals surface area contributed by atoms with Crippen LogP contribution in [0.15, 0.2) is 18.2 Å². The summed E-state index contributed by atoms with van der Waals surface area (Å²) in [4.78, 5) is 48.3. The normalized spacial score (nSPS) is 17.7. The number of fused-ring (bicyclic) bond motifs is 1. The molecule has 0 saturated heterocycles. The number of nitro benzene ring substituents is 1. The van der Waals surface area contributed by atoms with Crippen LogP contribution in [0.25, 0.3) is 0 Å². The number of rotatable bonds is 6. The van der Waals surface area contributed by atoms with E-state index in [4.69, 9.17) is 9.47 Å². The molecule has 0 bridgehead atoms. The minimum absolute atomic E-state index is 0.0886. The summed E-state index contributed by atoms with van der Waals surface area (Å²) in [5, 5.41) is 13.9. The van der Waals surface area contributed by atoms with Crippen molar-refractivity contribution in [2.45, 2.75) is 51.2 Å². The van der Waals surface area contributed by atoms with Crippen molar-refractivity contribution in [2.24, 2.45) is 0 Å². The Labute approximate surface area is 167 Å². The van der Waals surface area contributed by atoms with Gasteiger partial charge in [0, 0.05) is 18.2 Å². The number of benzene rings is 1. The van der Waals surface area contributed by atoms with E-state index in [0.29, 0.717) is 0 Å². The van der Waals surface area contributed by atoms with Gasteiger partial charge in [0.15, 0.2) is 12.7 Å². The number of nitrogens with zero attached hydrogens (tertiary/aromatic N) is 2. The summed E-state index contributed by atoms with van der Waals surface area (Å²) in [7, 11) is 0.